The zero-order valence-electron chi connectivity index (χ0n) is 10.9. The number of benzene rings is 1. The van der Waals surface area contributed by atoms with Gasteiger partial charge in [0, 0.05) is 6.04 Å². The van der Waals surface area contributed by atoms with Crippen LogP contribution in [0, 0.1) is 5.92 Å². The van der Waals surface area contributed by atoms with Gasteiger partial charge in [-0.2, -0.15) is 13.2 Å². The zero-order chi connectivity index (χ0) is 13.9. The van der Waals surface area contributed by atoms with E-state index in [0.717, 1.165) is 31.7 Å². The first-order valence-corrected chi connectivity index (χ1v) is 6.91. The van der Waals surface area contributed by atoms with Gasteiger partial charge in [0.2, 0.25) is 0 Å². The highest BCUT2D eigenvalue weighted by Gasteiger charge is 2.31. The maximum absolute atomic E-state index is 12.7. The molecule has 1 atom stereocenters. The van der Waals surface area contributed by atoms with E-state index in [1.807, 2.05) is 0 Å². The number of hydrogen-bond acceptors (Lipinski definition) is 1. The second kappa shape index (κ2) is 5.95. The molecule has 1 fully saturated rings. The molecule has 19 heavy (non-hydrogen) atoms. The van der Waals surface area contributed by atoms with Crippen molar-refractivity contribution < 1.29 is 13.2 Å². The fraction of sp³-hybridized carbons (Fsp3) is 0.600. The number of hydrogen-bond donors (Lipinski definition) is 1. The van der Waals surface area contributed by atoms with Gasteiger partial charge in [-0.1, -0.05) is 37.8 Å². The molecule has 0 heterocycles. The van der Waals surface area contributed by atoms with E-state index in [9.17, 15) is 13.2 Å². The summed E-state index contributed by atoms with van der Waals surface area (Å²) < 4.78 is 38.1. The Bertz CT molecular complexity index is 406. The highest BCUT2D eigenvalue weighted by molar-refractivity contribution is 5.28. The molecule has 1 aromatic carbocycles. The summed E-state index contributed by atoms with van der Waals surface area (Å²) in [4.78, 5) is 0. The summed E-state index contributed by atoms with van der Waals surface area (Å²) in [6.07, 6.45) is 2.46. The molecule has 0 amide bonds. The smallest absolute Gasteiger partial charge is 0.324 e. The van der Waals surface area contributed by atoms with Crippen LogP contribution in [0.15, 0.2) is 24.3 Å². The molecule has 0 aliphatic heterocycles. The lowest BCUT2D eigenvalue weighted by Crippen LogP contribution is -2.21. The van der Waals surface area contributed by atoms with Crippen molar-refractivity contribution in [1.82, 2.24) is 0 Å². The molecular formula is C15H20F3N. The van der Waals surface area contributed by atoms with Crippen LogP contribution in [0.25, 0.3) is 0 Å². The van der Waals surface area contributed by atoms with Crippen molar-refractivity contribution in [1.29, 1.82) is 0 Å². The minimum absolute atomic E-state index is 0.277. The van der Waals surface area contributed by atoms with E-state index in [-0.39, 0.29) is 6.04 Å². The first kappa shape index (κ1) is 14.4. The number of rotatable bonds is 2. The predicted octanol–water partition coefficient (Wildman–Crippen LogP) is 4.68. The Hall–Kier alpha value is -1.03. The summed E-state index contributed by atoms with van der Waals surface area (Å²) in [6.45, 7) is 0. The largest absolute Gasteiger partial charge is 0.416 e. The Morgan fingerprint density at radius 1 is 1.05 bits per heavy atom. The first-order valence-electron chi connectivity index (χ1n) is 6.91. The average Bonchev–Trinajstić information content (AvgIpc) is 2.66. The van der Waals surface area contributed by atoms with E-state index in [0.29, 0.717) is 11.5 Å². The molecule has 0 radical (unpaired) electrons. The highest BCUT2D eigenvalue weighted by Crippen LogP contribution is 2.35. The van der Waals surface area contributed by atoms with Crippen molar-refractivity contribution >= 4 is 0 Å². The third-order valence-electron chi connectivity index (χ3n) is 4.01. The number of nitrogens with two attached hydrogens (primary N) is 1. The zero-order valence-corrected chi connectivity index (χ0v) is 10.9. The first-order chi connectivity index (χ1) is 8.98. The molecule has 0 spiro atoms. The lowest BCUT2D eigenvalue weighted by Gasteiger charge is -2.23. The minimum Gasteiger partial charge on any atom is -0.324 e. The van der Waals surface area contributed by atoms with E-state index in [1.165, 1.54) is 25.0 Å². The van der Waals surface area contributed by atoms with E-state index in [1.54, 1.807) is 6.07 Å². The molecule has 1 aromatic rings. The Kier molecular flexibility index (Phi) is 4.50. The lowest BCUT2D eigenvalue weighted by molar-refractivity contribution is -0.137. The van der Waals surface area contributed by atoms with E-state index >= 15 is 0 Å². The molecule has 1 aliphatic rings. The van der Waals surface area contributed by atoms with Crippen LogP contribution < -0.4 is 5.73 Å². The van der Waals surface area contributed by atoms with Crippen LogP contribution in [-0.4, -0.2) is 0 Å². The Morgan fingerprint density at radius 3 is 2.26 bits per heavy atom. The van der Waals surface area contributed by atoms with Crippen LogP contribution in [0.5, 0.6) is 0 Å². The van der Waals surface area contributed by atoms with Crippen LogP contribution in [0.1, 0.15) is 55.7 Å². The normalized spacial score (nSPS) is 20.0. The summed E-state index contributed by atoms with van der Waals surface area (Å²) in [5.41, 5.74) is 6.19. The Morgan fingerprint density at radius 2 is 1.68 bits per heavy atom. The van der Waals surface area contributed by atoms with Gasteiger partial charge in [-0.15, -0.1) is 0 Å². The third-order valence-corrected chi connectivity index (χ3v) is 4.01. The number of alkyl halides is 3. The van der Waals surface area contributed by atoms with E-state index in [4.69, 9.17) is 5.73 Å². The van der Waals surface area contributed by atoms with Crippen LogP contribution in [-0.2, 0) is 6.18 Å². The minimum atomic E-state index is -4.29. The van der Waals surface area contributed by atoms with Crippen LogP contribution in [0.4, 0.5) is 13.2 Å². The van der Waals surface area contributed by atoms with Gasteiger partial charge in [-0.25, -0.2) is 0 Å². The molecule has 4 heteroatoms. The van der Waals surface area contributed by atoms with Gasteiger partial charge in [-0.3, -0.25) is 0 Å². The maximum Gasteiger partial charge on any atom is 0.416 e. The molecule has 0 saturated heterocycles. The van der Waals surface area contributed by atoms with Gasteiger partial charge in [0.05, 0.1) is 5.56 Å². The third kappa shape index (κ3) is 3.72. The summed E-state index contributed by atoms with van der Waals surface area (Å²) in [6, 6.07) is 5.19. The lowest BCUT2D eigenvalue weighted by atomic mass is 9.87. The second-order valence-corrected chi connectivity index (χ2v) is 5.40. The number of halogens is 3. The quantitative estimate of drug-likeness (QED) is 0.777. The summed E-state index contributed by atoms with van der Waals surface area (Å²) in [5, 5.41) is 0. The van der Waals surface area contributed by atoms with Gasteiger partial charge in [-0.05, 0) is 36.5 Å². The van der Waals surface area contributed by atoms with Crippen LogP contribution in [0.3, 0.4) is 0 Å². The molecular weight excluding hydrogens is 251 g/mol. The summed E-state index contributed by atoms with van der Waals surface area (Å²) in [5.74, 6) is 0.311. The Labute approximate surface area is 112 Å². The van der Waals surface area contributed by atoms with Gasteiger partial charge in [0.1, 0.15) is 0 Å². The molecule has 0 bridgehead atoms. The van der Waals surface area contributed by atoms with Crippen LogP contribution in [0.2, 0.25) is 0 Å². The standard InChI is InChI=1S/C15H20F3N/c16-15(17,18)13-9-5-8-12(10-13)14(19)11-6-3-1-2-4-7-11/h5,8-11,14H,1-4,6-7,19H2. The van der Waals surface area contributed by atoms with Crippen molar-refractivity contribution in [3.05, 3.63) is 35.4 Å². The summed E-state index contributed by atoms with van der Waals surface area (Å²) >= 11 is 0. The van der Waals surface area contributed by atoms with Gasteiger partial charge in [0.25, 0.3) is 0 Å². The van der Waals surface area contributed by atoms with Crippen molar-refractivity contribution in [2.45, 2.75) is 50.7 Å². The molecule has 1 saturated carbocycles. The fourth-order valence-corrected chi connectivity index (χ4v) is 2.86. The monoisotopic (exact) mass is 271 g/mol. The molecule has 1 unspecified atom stereocenters. The van der Waals surface area contributed by atoms with Crippen molar-refractivity contribution in [2.75, 3.05) is 0 Å². The SMILES string of the molecule is NC(c1cccc(C(F)(F)F)c1)C1CCCCCC1. The van der Waals surface area contributed by atoms with Crippen molar-refractivity contribution in [2.24, 2.45) is 11.7 Å². The van der Waals surface area contributed by atoms with Gasteiger partial charge < -0.3 is 5.73 Å². The maximum atomic E-state index is 12.7. The molecule has 1 nitrogen and oxygen atoms in total. The fourth-order valence-electron chi connectivity index (χ4n) is 2.86. The Balaban J connectivity index is 2.16. The van der Waals surface area contributed by atoms with E-state index < -0.39 is 11.7 Å². The topological polar surface area (TPSA) is 26.0 Å². The highest BCUT2D eigenvalue weighted by atomic mass is 19.4. The predicted molar refractivity (Wildman–Crippen MR) is 69.6 cm³/mol. The van der Waals surface area contributed by atoms with Gasteiger partial charge in [0.15, 0.2) is 0 Å². The van der Waals surface area contributed by atoms with Crippen LogP contribution >= 0.6 is 0 Å². The summed E-state index contributed by atoms with van der Waals surface area (Å²) in [7, 11) is 0. The van der Waals surface area contributed by atoms with Crippen molar-refractivity contribution in [3.63, 3.8) is 0 Å². The molecule has 0 aromatic heterocycles. The molecule has 1 aliphatic carbocycles. The average molecular weight is 271 g/mol. The van der Waals surface area contributed by atoms with Crippen molar-refractivity contribution in [3.8, 4) is 0 Å². The van der Waals surface area contributed by atoms with E-state index in [2.05, 4.69) is 0 Å². The second-order valence-electron chi connectivity index (χ2n) is 5.40. The molecule has 106 valence electrons. The van der Waals surface area contributed by atoms with Gasteiger partial charge >= 0.3 is 6.18 Å². The molecule has 2 N–H and O–H groups in total. The molecule has 2 rings (SSSR count).